The highest BCUT2D eigenvalue weighted by atomic mass is 16.5. The predicted molar refractivity (Wildman–Crippen MR) is 107 cm³/mol. The Morgan fingerprint density at radius 2 is 2.07 bits per heavy atom. The maximum absolute atomic E-state index is 12.9. The lowest BCUT2D eigenvalue weighted by Gasteiger charge is -2.20. The third-order valence-corrected chi connectivity index (χ3v) is 4.98. The Morgan fingerprint density at radius 1 is 1.21 bits per heavy atom. The topological polar surface area (TPSA) is 99.0 Å². The van der Waals surface area contributed by atoms with E-state index in [0.717, 1.165) is 12.8 Å². The van der Waals surface area contributed by atoms with E-state index in [1.807, 2.05) is 6.07 Å². The fourth-order valence-corrected chi connectivity index (χ4v) is 3.54. The highest BCUT2D eigenvalue weighted by molar-refractivity contribution is 5.97. The molecule has 1 atom stereocenters. The lowest BCUT2D eigenvalue weighted by Crippen LogP contribution is -2.34. The highest BCUT2D eigenvalue weighted by Crippen LogP contribution is 2.25. The van der Waals surface area contributed by atoms with Crippen LogP contribution in [0.25, 0.3) is 11.4 Å². The number of carbonyl (C=O) groups is 1. The largest absolute Gasteiger partial charge is 0.496 e. The molecule has 1 N–H and O–H groups in total. The quantitative estimate of drug-likeness (QED) is 0.733. The molecule has 148 valence electrons. The minimum absolute atomic E-state index is 0.151. The monoisotopic (exact) mass is 391 g/mol. The van der Waals surface area contributed by atoms with Gasteiger partial charge in [0.1, 0.15) is 17.9 Å². The zero-order valence-electron chi connectivity index (χ0n) is 16.0. The van der Waals surface area contributed by atoms with Gasteiger partial charge >= 0.3 is 0 Å². The van der Waals surface area contributed by atoms with Crippen LogP contribution in [0.15, 0.2) is 53.7 Å². The summed E-state index contributed by atoms with van der Waals surface area (Å²) in [5.41, 5.74) is 1.34. The van der Waals surface area contributed by atoms with Crippen molar-refractivity contribution >= 4 is 5.91 Å². The molecule has 1 aromatic carbocycles. The van der Waals surface area contributed by atoms with Crippen LogP contribution in [0.2, 0.25) is 0 Å². The van der Waals surface area contributed by atoms with Gasteiger partial charge in [-0.15, -0.1) is 0 Å². The maximum Gasteiger partial charge on any atom is 0.255 e. The van der Waals surface area contributed by atoms with E-state index in [2.05, 4.69) is 15.3 Å². The molecular formula is C21H21N5O3. The van der Waals surface area contributed by atoms with E-state index in [4.69, 9.17) is 9.72 Å². The number of aromatic nitrogens is 4. The number of fused-ring (bicyclic) bond motifs is 1. The second kappa shape index (κ2) is 8.22. The Hall–Kier alpha value is -3.55. The SMILES string of the molecule is COc1ccccc1C(=O)NC1CCCCn2c1nc(-c1ccncn1)cc2=O. The van der Waals surface area contributed by atoms with Gasteiger partial charge in [0, 0.05) is 18.8 Å². The molecule has 1 aliphatic heterocycles. The summed E-state index contributed by atoms with van der Waals surface area (Å²) >= 11 is 0. The van der Waals surface area contributed by atoms with Gasteiger partial charge < -0.3 is 10.1 Å². The summed E-state index contributed by atoms with van der Waals surface area (Å²) in [6.45, 7) is 0.576. The van der Waals surface area contributed by atoms with Crippen LogP contribution < -0.4 is 15.6 Å². The average molecular weight is 391 g/mol. The summed E-state index contributed by atoms with van der Waals surface area (Å²) in [4.78, 5) is 38.5. The summed E-state index contributed by atoms with van der Waals surface area (Å²) in [5.74, 6) is 0.785. The van der Waals surface area contributed by atoms with Crippen LogP contribution in [0.3, 0.4) is 0 Å². The maximum atomic E-state index is 12.9. The molecule has 0 fully saturated rings. The van der Waals surface area contributed by atoms with Gasteiger partial charge in [0.25, 0.3) is 11.5 Å². The van der Waals surface area contributed by atoms with Crippen LogP contribution in [0.1, 0.15) is 41.5 Å². The number of carbonyl (C=O) groups excluding carboxylic acids is 1. The summed E-state index contributed by atoms with van der Waals surface area (Å²) in [7, 11) is 1.53. The molecule has 2 aromatic heterocycles. The fourth-order valence-electron chi connectivity index (χ4n) is 3.54. The van der Waals surface area contributed by atoms with E-state index in [0.29, 0.717) is 41.5 Å². The Kier molecular flexibility index (Phi) is 5.33. The number of nitrogens with zero attached hydrogens (tertiary/aromatic N) is 4. The third kappa shape index (κ3) is 3.87. The lowest BCUT2D eigenvalue weighted by atomic mass is 10.1. The smallest absolute Gasteiger partial charge is 0.255 e. The van der Waals surface area contributed by atoms with Gasteiger partial charge in [-0.2, -0.15) is 0 Å². The minimum atomic E-state index is -0.385. The molecule has 1 unspecified atom stereocenters. The number of nitrogens with one attached hydrogen (secondary N) is 1. The van der Waals surface area contributed by atoms with Gasteiger partial charge in [0.15, 0.2) is 0 Å². The first kappa shape index (κ1) is 18.8. The average Bonchev–Trinajstić information content (AvgIpc) is 2.97. The molecule has 8 nitrogen and oxygen atoms in total. The van der Waals surface area contributed by atoms with Crippen molar-refractivity contribution in [2.75, 3.05) is 7.11 Å². The number of hydrogen-bond donors (Lipinski definition) is 1. The van der Waals surface area contributed by atoms with Gasteiger partial charge in [-0.05, 0) is 37.5 Å². The molecule has 4 rings (SSSR count). The molecular weight excluding hydrogens is 370 g/mol. The van der Waals surface area contributed by atoms with E-state index in [1.54, 1.807) is 35.0 Å². The van der Waals surface area contributed by atoms with Gasteiger partial charge in [-0.1, -0.05) is 12.1 Å². The van der Waals surface area contributed by atoms with Gasteiger partial charge in [-0.3, -0.25) is 14.2 Å². The Balaban J connectivity index is 1.72. The van der Waals surface area contributed by atoms with Gasteiger partial charge in [0.05, 0.1) is 30.1 Å². The molecule has 3 aromatic rings. The highest BCUT2D eigenvalue weighted by Gasteiger charge is 2.25. The van der Waals surface area contributed by atoms with Crippen LogP contribution in [0.4, 0.5) is 0 Å². The number of hydrogen-bond acceptors (Lipinski definition) is 6. The van der Waals surface area contributed by atoms with Crippen LogP contribution >= 0.6 is 0 Å². The predicted octanol–water partition coefficient (Wildman–Crippen LogP) is 2.36. The van der Waals surface area contributed by atoms with E-state index < -0.39 is 0 Å². The Bertz CT molecular complexity index is 1080. The second-order valence-corrected chi connectivity index (χ2v) is 6.81. The van der Waals surface area contributed by atoms with Crippen molar-refractivity contribution in [1.29, 1.82) is 0 Å². The van der Waals surface area contributed by atoms with Crippen LogP contribution in [-0.2, 0) is 6.54 Å². The fraction of sp³-hybridized carbons (Fsp3) is 0.286. The molecule has 0 radical (unpaired) electrons. The number of rotatable bonds is 4. The minimum Gasteiger partial charge on any atom is -0.496 e. The lowest BCUT2D eigenvalue weighted by molar-refractivity contribution is 0.0929. The summed E-state index contributed by atoms with van der Waals surface area (Å²) in [6, 6.07) is 9.85. The van der Waals surface area contributed by atoms with Crippen molar-refractivity contribution in [1.82, 2.24) is 24.8 Å². The summed E-state index contributed by atoms with van der Waals surface area (Å²) < 4.78 is 6.94. The van der Waals surface area contributed by atoms with E-state index in [-0.39, 0.29) is 17.5 Å². The summed E-state index contributed by atoms with van der Waals surface area (Å²) in [6.07, 6.45) is 5.45. The number of ether oxygens (including phenoxy) is 1. The van der Waals surface area contributed by atoms with E-state index in [9.17, 15) is 9.59 Å². The third-order valence-electron chi connectivity index (χ3n) is 4.98. The Morgan fingerprint density at radius 3 is 2.86 bits per heavy atom. The first-order valence-electron chi connectivity index (χ1n) is 9.49. The van der Waals surface area contributed by atoms with Crippen molar-refractivity contribution in [2.45, 2.75) is 31.8 Å². The summed E-state index contributed by atoms with van der Waals surface area (Å²) in [5, 5.41) is 3.04. The van der Waals surface area contributed by atoms with Crippen molar-refractivity contribution in [3.63, 3.8) is 0 Å². The number of para-hydroxylation sites is 1. The second-order valence-electron chi connectivity index (χ2n) is 6.81. The number of methoxy groups -OCH3 is 1. The molecule has 29 heavy (non-hydrogen) atoms. The normalized spacial score (nSPS) is 15.8. The molecule has 0 saturated carbocycles. The molecule has 0 saturated heterocycles. The van der Waals surface area contributed by atoms with Crippen molar-refractivity contribution in [3.05, 3.63) is 70.7 Å². The van der Waals surface area contributed by atoms with Crippen LogP contribution in [0.5, 0.6) is 5.75 Å². The van der Waals surface area contributed by atoms with Crippen molar-refractivity contribution < 1.29 is 9.53 Å². The van der Waals surface area contributed by atoms with E-state index in [1.165, 1.54) is 19.5 Å². The molecule has 3 heterocycles. The number of benzene rings is 1. The van der Waals surface area contributed by atoms with Crippen LogP contribution in [-0.4, -0.2) is 32.5 Å². The molecule has 0 spiro atoms. The standard InChI is InChI=1S/C21H21N5O3/c1-29-18-8-3-2-6-14(18)21(28)25-16-7-4-5-11-26-19(27)12-17(24-20(16)26)15-9-10-22-13-23-15/h2-3,6,8-10,12-13,16H,4-5,7,11H2,1H3,(H,25,28). The van der Waals surface area contributed by atoms with Gasteiger partial charge in [0.2, 0.25) is 0 Å². The van der Waals surface area contributed by atoms with E-state index >= 15 is 0 Å². The van der Waals surface area contributed by atoms with Gasteiger partial charge in [-0.25, -0.2) is 15.0 Å². The molecule has 1 amide bonds. The Labute approximate surface area is 167 Å². The molecule has 8 heteroatoms. The zero-order valence-corrected chi connectivity index (χ0v) is 16.0. The first-order chi connectivity index (χ1) is 14.2. The first-order valence-corrected chi connectivity index (χ1v) is 9.49. The molecule has 0 bridgehead atoms. The zero-order chi connectivity index (χ0) is 20.2. The van der Waals surface area contributed by atoms with Crippen LogP contribution in [0, 0.1) is 0 Å². The van der Waals surface area contributed by atoms with Crippen molar-refractivity contribution in [2.24, 2.45) is 0 Å². The van der Waals surface area contributed by atoms with Crippen molar-refractivity contribution in [3.8, 4) is 17.1 Å². The number of amides is 1. The molecule has 1 aliphatic rings. The molecule has 0 aliphatic carbocycles.